The molecule has 0 nitrogen and oxygen atoms in total. The predicted octanol–water partition coefficient (Wildman–Crippen LogP) is 4.80. The van der Waals surface area contributed by atoms with E-state index in [2.05, 4.69) is 65.3 Å². The van der Waals surface area contributed by atoms with Crippen LogP contribution in [-0.4, -0.2) is 4.83 Å². The Morgan fingerprint density at radius 3 is 2.65 bits per heavy atom. The Bertz CT molecular complexity index is 527. The van der Waals surface area contributed by atoms with Gasteiger partial charge < -0.3 is 0 Å². The van der Waals surface area contributed by atoms with Crippen LogP contribution in [0.15, 0.2) is 42.5 Å². The van der Waals surface area contributed by atoms with Gasteiger partial charge in [0.25, 0.3) is 0 Å². The fourth-order valence-corrected chi connectivity index (χ4v) is 3.77. The molecule has 1 fully saturated rings. The van der Waals surface area contributed by atoms with E-state index in [0.717, 1.165) is 18.3 Å². The predicted molar refractivity (Wildman–Crippen MR) is 77.6 cm³/mol. The topological polar surface area (TPSA) is 0 Å². The zero-order chi connectivity index (χ0) is 11.8. The first-order chi connectivity index (χ1) is 8.25. The highest BCUT2D eigenvalue weighted by molar-refractivity contribution is 9.09. The largest absolute Gasteiger partial charge is 0.0884 e. The van der Waals surface area contributed by atoms with Crippen molar-refractivity contribution in [3.05, 3.63) is 48.0 Å². The highest BCUT2D eigenvalue weighted by Gasteiger charge is 2.38. The van der Waals surface area contributed by atoms with Crippen LogP contribution in [0.5, 0.6) is 0 Å². The Morgan fingerprint density at radius 2 is 1.88 bits per heavy atom. The van der Waals surface area contributed by atoms with Crippen molar-refractivity contribution in [1.29, 1.82) is 0 Å². The van der Waals surface area contributed by atoms with Crippen molar-refractivity contribution in [2.45, 2.75) is 24.6 Å². The molecule has 2 aromatic rings. The van der Waals surface area contributed by atoms with E-state index in [-0.39, 0.29) is 0 Å². The number of alkyl halides is 1. The summed E-state index contributed by atoms with van der Waals surface area (Å²) in [5.41, 5.74) is 1.48. The van der Waals surface area contributed by atoms with Crippen LogP contribution in [0.1, 0.15) is 18.9 Å². The fraction of sp³-hybridized carbons (Fsp3) is 0.375. The molecule has 1 aliphatic carbocycles. The Morgan fingerprint density at radius 1 is 1.18 bits per heavy atom. The van der Waals surface area contributed by atoms with E-state index in [9.17, 15) is 0 Å². The Balaban J connectivity index is 1.89. The van der Waals surface area contributed by atoms with E-state index in [4.69, 9.17) is 0 Å². The summed E-state index contributed by atoms with van der Waals surface area (Å²) in [5.74, 6) is 1.79. The van der Waals surface area contributed by atoms with Gasteiger partial charge in [0.15, 0.2) is 0 Å². The van der Waals surface area contributed by atoms with Crippen molar-refractivity contribution < 1.29 is 0 Å². The molecule has 1 heteroatoms. The van der Waals surface area contributed by atoms with Gasteiger partial charge in [-0.15, -0.1) is 0 Å². The lowest BCUT2D eigenvalue weighted by molar-refractivity contribution is 0.703. The number of halogens is 1. The Kier molecular flexibility index (Phi) is 2.96. The molecule has 3 atom stereocenters. The van der Waals surface area contributed by atoms with Gasteiger partial charge in [0.05, 0.1) is 0 Å². The summed E-state index contributed by atoms with van der Waals surface area (Å²) < 4.78 is 0. The number of hydrogen-bond donors (Lipinski definition) is 0. The molecule has 3 rings (SSSR count). The van der Waals surface area contributed by atoms with Gasteiger partial charge in [-0.25, -0.2) is 0 Å². The second-order valence-electron chi connectivity index (χ2n) is 5.24. The maximum absolute atomic E-state index is 3.87. The lowest BCUT2D eigenvalue weighted by Crippen LogP contribution is -2.06. The van der Waals surface area contributed by atoms with Crippen molar-refractivity contribution in [3.63, 3.8) is 0 Å². The van der Waals surface area contributed by atoms with Crippen molar-refractivity contribution in [1.82, 2.24) is 0 Å². The second kappa shape index (κ2) is 4.45. The van der Waals surface area contributed by atoms with Crippen LogP contribution in [-0.2, 0) is 6.42 Å². The van der Waals surface area contributed by atoms with Crippen molar-refractivity contribution in [2.24, 2.45) is 11.8 Å². The van der Waals surface area contributed by atoms with Crippen molar-refractivity contribution in [2.75, 3.05) is 0 Å². The van der Waals surface area contributed by atoms with Gasteiger partial charge in [-0.05, 0) is 41.0 Å². The minimum atomic E-state index is 0.642. The summed E-state index contributed by atoms with van der Waals surface area (Å²) in [5, 5.41) is 2.77. The third-order valence-electron chi connectivity index (χ3n) is 3.93. The zero-order valence-corrected chi connectivity index (χ0v) is 11.7. The molecule has 1 saturated carbocycles. The third-order valence-corrected chi connectivity index (χ3v) is 4.93. The molecule has 0 radical (unpaired) electrons. The van der Waals surface area contributed by atoms with Gasteiger partial charge >= 0.3 is 0 Å². The minimum absolute atomic E-state index is 0.642. The average molecular weight is 289 g/mol. The lowest BCUT2D eigenvalue weighted by atomic mass is 9.99. The van der Waals surface area contributed by atoms with Crippen LogP contribution < -0.4 is 0 Å². The molecular weight excluding hydrogens is 272 g/mol. The summed E-state index contributed by atoms with van der Waals surface area (Å²) in [7, 11) is 0. The van der Waals surface area contributed by atoms with E-state index in [1.165, 1.54) is 22.8 Å². The quantitative estimate of drug-likeness (QED) is 0.712. The molecule has 88 valence electrons. The molecule has 0 saturated heterocycles. The maximum atomic E-state index is 3.87. The third kappa shape index (κ3) is 2.26. The van der Waals surface area contributed by atoms with Crippen LogP contribution in [0.25, 0.3) is 10.8 Å². The number of hydrogen-bond acceptors (Lipinski definition) is 0. The molecule has 0 aromatic heterocycles. The normalized spacial score (nSPS) is 24.8. The van der Waals surface area contributed by atoms with Gasteiger partial charge in [0.2, 0.25) is 0 Å². The first-order valence-electron chi connectivity index (χ1n) is 6.36. The fourth-order valence-electron chi connectivity index (χ4n) is 2.69. The summed E-state index contributed by atoms with van der Waals surface area (Å²) in [6, 6.07) is 15.3. The van der Waals surface area contributed by atoms with Crippen molar-refractivity contribution in [3.8, 4) is 0 Å². The molecule has 0 N–H and O–H groups in total. The molecule has 2 aromatic carbocycles. The summed E-state index contributed by atoms with van der Waals surface area (Å²) >= 11 is 3.87. The van der Waals surface area contributed by atoms with Crippen LogP contribution >= 0.6 is 15.9 Å². The van der Waals surface area contributed by atoms with Crippen LogP contribution in [0.4, 0.5) is 0 Å². The first kappa shape index (κ1) is 11.3. The van der Waals surface area contributed by atoms with Gasteiger partial charge in [0.1, 0.15) is 0 Å². The Hall–Kier alpha value is -0.820. The van der Waals surface area contributed by atoms with Crippen molar-refractivity contribution >= 4 is 26.7 Å². The minimum Gasteiger partial charge on any atom is -0.0884 e. The summed E-state index contributed by atoms with van der Waals surface area (Å²) in [6.07, 6.45) is 2.54. The van der Waals surface area contributed by atoms with E-state index in [1.54, 1.807) is 0 Å². The van der Waals surface area contributed by atoms with Crippen LogP contribution in [0.2, 0.25) is 0 Å². The summed E-state index contributed by atoms with van der Waals surface area (Å²) in [4.78, 5) is 0.642. The molecule has 17 heavy (non-hydrogen) atoms. The van der Waals surface area contributed by atoms with Crippen LogP contribution in [0.3, 0.4) is 0 Å². The molecule has 0 heterocycles. The SMILES string of the molecule is CC1CC1C(Br)Cc1cccc2ccccc12. The molecule has 1 aliphatic rings. The van der Waals surface area contributed by atoms with Crippen LogP contribution in [0, 0.1) is 11.8 Å². The molecule has 0 spiro atoms. The summed E-state index contributed by atoms with van der Waals surface area (Å²) in [6.45, 7) is 2.35. The molecule has 0 amide bonds. The smallest absolute Gasteiger partial charge is 0.0217 e. The maximum Gasteiger partial charge on any atom is 0.0217 e. The Labute approximate surface area is 111 Å². The van der Waals surface area contributed by atoms with Gasteiger partial charge in [-0.1, -0.05) is 65.3 Å². The number of fused-ring (bicyclic) bond motifs is 1. The highest BCUT2D eigenvalue weighted by Crippen LogP contribution is 2.44. The standard InChI is InChI=1S/C16H17Br/c1-11-9-15(11)16(17)10-13-7-4-6-12-5-2-3-8-14(12)13/h2-8,11,15-16H,9-10H2,1H3. The van der Waals surface area contributed by atoms with E-state index >= 15 is 0 Å². The highest BCUT2D eigenvalue weighted by atomic mass is 79.9. The average Bonchev–Trinajstić information content (AvgIpc) is 3.07. The van der Waals surface area contributed by atoms with E-state index in [0.29, 0.717) is 4.83 Å². The monoisotopic (exact) mass is 288 g/mol. The van der Waals surface area contributed by atoms with E-state index in [1.807, 2.05) is 0 Å². The second-order valence-corrected chi connectivity index (χ2v) is 6.41. The van der Waals surface area contributed by atoms with E-state index < -0.39 is 0 Å². The molecule has 3 unspecified atom stereocenters. The first-order valence-corrected chi connectivity index (χ1v) is 7.28. The lowest BCUT2D eigenvalue weighted by Gasteiger charge is -2.11. The number of benzene rings is 2. The van der Waals surface area contributed by atoms with Gasteiger partial charge in [0, 0.05) is 4.83 Å². The zero-order valence-electron chi connectivity index (χ0n) is 10.1. The molecule has 0 aliphatic heterocycles. The number of rotatable bonds is 3. The van der Waals surface area contributed by atoms with Gasteiger partial charge in [-0.2, -0.15) is 0 Å². The molecule has 0 bridgehead atoms. The van der Waals surface area contributed by atoms with Gasteiger partial charge in [-0.3, -0.25) is 0 Å². The molecular formula is C16H17Br.